The number of H-pyrrole nitrogens is 1. The highest BCUT2D eigenvalue weighted by Crippen LogP contribution is 2.40. The second-order valence-corrected chi connectivity index (χ2v) is 14.4. The predicted octanol–water partition coefficient (Wildman–Crippen LogP) is 2.84. The van der Waals surface area contributed by atoms with E-state index in [4.69, 9.17) is 0 Å². The molecule has 13 heteroatoms. The number of pyridine rings is 1. The Morgan fingerprint density at radius 1 is 1.10 bits per heavy atom. The van der Waals surface area contributed by atoms with E-state index < -0.39 is 19.7 Å². The Kier molecular flexibility index (Phi) is 7.59. The van der Waals surface area contributed by atoms with Gasteiger partial charge < -0.3 is 29.9 Å². The summed E-state index contributed by atoms with van der Waals surface area (Å²) >= 11 is 1.26. The van der Waals surface area contributed by atoms with Crippen molar-refractivity contribution in [1.82, 2.24) is 20.1 Å². The van der Waals surface area contributed by atoms with Crippen LogP contribution in [0.5, 0.6) is 0 Å². The van der Waals surface area contributed by atoms with Crippen molar-refractivity contribution in [2.75, 3.05) is 13.1 Å². The maximum absolute atomic E-state index is 13.8. The van der Waals surface area contributed by atoms with E-state index in [2.05, 4.69) is 10.3 Å². The molecule has 2 aromatic heterocycles. The molecule has 0 saturated carbocycles. The summed E-state index contributed by atoms with van der Waals surface area (Å²) in [7, 11) is -4.22. The highest BCUT2D eigenvalue weighted by atomic mass is 32.1. The van der Waals surface area contributed by atoms with Crippen LogP contribution in [0.25, 0.3) is 10.1 Å². The molecule has 3 aromatic rings. The minimum Gasteiger partial charge on any atom is -0.340 e. The highest BCUT2D eigenvalue weighted by molar-refractivity contribution is 7.50. The average molecular weight is 613 g/mol. The van der Waals surface area contributed by atoms with Gasteiger partial charge in [-0.25, -0.2) is 0 Å². The summed E-state index contributed by atoms with van der Waals surface area (Å²) in [5.74, 6) is -0.524. The number of benzene rings is 1. The van der Waals surface area contributed by atoms with E-state index >= 15 is 0 Å². The Bertz CT molecular complexity index is 1670. The third kappa shape index (κ3) is 5.68. The largest absolute Gasteiger partial charge is 0.340 e. The molecule has 3 aliphatic heterocycles. The maximum atomic E-state index is 13.8. The van der Waals surface area contributed by atoms with Crippen molar-refractivity contribution in [3.05, 3.63) is 68.4 Å². The van der Waals surface area contributed by atoms with Gasteiger partial charge in [0.1, 0.15) is 12.1 Å². The van der Waals surface area contributed by atoms with Crippen LogP contribution < -0.4 is 10.9 Å². The molecule has 3 atom stereocenters. The van der Waals surface area contributed by atoms with Gasteiger partial charge in [-0.2, -0.15) is 0 Å². The zero-order valence-corrected chi connectivity index (χ0v) is 24.8. The zero-order chi connectivity index (χ0) is 29.8. The number of hydrogen-bond acceptors (Lipinski definition) is 6. The summed E-state index contributed by atoms with van der Waals surface area (Å²) in [4.78, 5) is 77.4. The monoisotopic (exact) mass is 612 g/mol. The van der Waals surface area contributed by atoms with Crippen molar-refractivity contribution in [2.45, 2.75) is 69.2 Å². The SMILES string of the molecule is Cc1cc(=O)[nH]cc1C1CN(C(=O)[C@@H]2CC[C@@H]3CCC[C@H](NC(=O)c4cc5cc(CP(=O)(O)O)ccc5s4)C(=O)N32)C1. The lowest BCUT2D eigenvalue weighted by atomic mass is 9.89. The molecule has 0 aliphatic carbocycles. The summed E-state index contributed by atoms with van der Waals surface area (Å²) in [6.07, 6.45) is 4.74. The molecule has 0 radical (unpaired) electrons. The molecular formula is C29H33N4O7PS. The summed E-state index contributed by atoms with van der Waals surface area (Å²) in [6, 6.07) is 6.98. The van der Waals surface area contributed by atoms with Crippen molar-refractivity contribution in [1.29, 1.82) is 0 Å². The smallest absolute Gasteiger partial charge is 0.329 e. The van der Waals surface area contributed by atoms with Crippen molar-refractivity contribution < 1.29 is 28.7 Å². The molecule has 6 rings (SSSR count). The van der Waals surface area contributed by atoms with E-state index in [1.165, 1.54) is 11.3 Å². The zero-order valence-electron chi connectivity index (χ0n) is 23.1. The number of carbonyl (C=O) groups excluding carboxylic acids is 3. The molecule has 222 valence electrons. The van der Waals surface area contributed by atoms with Crippen molar-refractivity contribution in [3.63, 3.8) is 0 Å². The molecule has 0 bridgehead atoms. The first-order valence-corrected chi connectivity index (χ1v) is 16.8. The molecule has 3 saturated heterocycles. The molecule has 3 amide bonds. The van der Waals surface area contributed by atoms with Gasteiger partial charge in [-0.15, -0.1) is 11.3 Å². The van der Waals surface area contributed by atoms with Crippen LogP contribution in [0.1, 0.15) is 64.4 Å². The number of nitrogens with zero attached hydrogens (tertiary/aromatic N) is 2. The number of thiophene rings is 1. The van der Waals surface area contributed by atoms with E-state index in [-0.39, 0.29) is 41.4 Å². The van der Waals surface area contributed by atoms with E-state index in [1.807, 2.05) is 6.92 Å². The molecule has 3 aliphatic rings. The fourth-order valence-electron chi connectivity index (χ4n) is 6.60. The number of fused-ring (bicyclic) bond motifs is 2. The lowest BCUT2D eigenvalue weighted by Gasteiger charge is -2.43. The second kappa shape index (κ2) is 11.1. The van der Waals surface area contributed by atoms with Crippen LogP contribution in [0.2, 0.25) is 0 Å². The number of likely N-dealkylation sites (tertiary alicyclic amines) is 1. The van der Waals surface area contributed by atoms with Crippen LogP contribution in [0, 0.1) is 6.92 Å². The van der Waals surface area contributed by atoms with Gasteiger partial charge in [-0.3, -0.25) is 23.7 Å². The Morgan fingerprint density at radius 3 is 2.62 bits per heavy atom. The number of aromatic nitrogens is 1. The maximum Gasteiger partial charge on any atom is 0.329 e. The summed E-state index contributed by atoms with van der Waals surface area (Å²) in [5.41, 5.74) is 2.26. The van der Waals surface area contributed by atoms with Crippen LogP contribution in [0.3, 0.4) is 0 Å². The average Bonchev–Trinajstić information content (AvgIpc) is 3.47. The highest BCUT2D eigenvalue weighted by Gasteiger charge is 2.47. The fourth-order valence-corrected chi connectivity index (χ4v) is 8.22. The van der Waals surface area contributed by atoms with E-state index in [0.717, 1.165) is 35.1 Å². The number of carbonyl (C=O) groups is 3. The topological polar surface area (TPSA) is 160 Å². The first-order chi connectivity index (χ1) is 20.0. The summed E-state index contributed by atoms with van der Waals surface area (Å²) < 4.78 is 12.2. The van der Waals surface area contributed by atoms with Crippen molar-refractivity contribution in [2.24, 2.45) is 0 Å². The Balaban J connectivity index is 1.13. The minimum absolute atomic E-state index is 0.0244. The molecule has 3 fully saturated rings. The number of nitrogens with one attached hydrogen (secondary N) is 2. The molecule has 5 heterocycles. The molecule has 1 aromatic carbocycles. The van der Waals surface area contributed by atoms with E-state index in [0.29, 0.717) is 41.8 Å². The molecule has 42 heavy (non-hydrogen) atoms. The first kappa shape index (κ1) is 28.8. The lowest BCUT2D eigenvalue weighted by Crippen LogP contribution is -2.58. The van der Waals surface area contributed by atoms with Crippen molar-refractivity contribution >= 4 is 46.7 Å². The third-order valence-corrected chi connectivity index (χ3v) is 10.6. The number of aryl methyl sites for hydroxylation is 1. The van der Waals surface area contributed by atoms with Crippen LogP contribution >= 0.6 is 18.9 Å². The van der Waals surface area contributed by atoms with Gasteiger partial charge in [-0.1, -0.05) is 6.07 Å². The molecular weight excluding hydrogens is 579 g/mol. The Morgan fingerprint density at radius 2 is 1.88 bits per heavy atom. The molecule has 0 spiro atoms. The van der Waals surface area contributed by atoms with E-state index in [1.54, 1.807) is 46.3 Å². The summed E-state index contributed by atoms with van der Waals surface area (Å²) in [5, 5.41) is 3.62. The number of amides is 3. The standard InChI is InChI=1S/C29H33N4O7PS/c1-16-9-26(34)30-12-21(16)19-13-32(14-19)29(37)23-7-6-20-3-2-4-22(28(36)33(20)23)31-27(35)25-11-18-10-17(15-41(38,39)40)5-8-24(18)42-25/h5,8-12,19-20,22-23H,2-4,6-7,13-15H2,1H3,(H,30,34)(H,31,35)(H2,38,39,40)/t20-,22-,23-/m0/s1. The van der Waals surface area contributed by atoms with Crippen LogP contribution in [0.4, 0.5) is 0 Å². The predicted molar refractivity (Wildman–Crippen MR) is 157 cm³/mol. The van der Waals surface area contributed by atoms with Gasteiger partial charge in [0.2, 0.25) is 17.4 Å². The quantitative estimate of drug-likeness (QED) is 0.312. The normalized spacial score (nSPS) is 23.0. The molecule has 11 nitrogen and oxygen atoms in total. The van der Waals surface area contributed by atoms with Crippen LogP contribution in [-0.2, 0) is 20.3 Å². The van der Waals surface area contributed by atoms with Crippen LogP contribution in [0.15, 0.2) is 41.3 Å². The van der Waals surface area contributed by atoms with Gasteiger partial charge in [0.15, 0.2) is 0 Å². The number of hydrogen-bond donors (Lipinski definition) is 4. The Hall–Kier alpha value is -3.31. The first-order valence-electron chi connectivity index (χ1n) is 14.1. The van der Waals surface area contributed by atoms with E-state index in [9.17, 15) is 33.5 Å². The van der Waals surface area contributed by atoms with Crippen LogP contribution in [-0.4, -0.2) is 73.5 Å². The Labute approximate surface area is 246 Å². The van der Waals surface area contributed by atoms with Gasteiger partial charge in [0.25, 0.3) is 5.91 Å². The molecule has 4 N–H and O–H groups in total. The van der Waals surface area contributed by atoms with Crippen molar-refractivity contribution in [3.8, 4) is 0 Å². The lowest BCUT2D eigenvalue weighted by molar-refractivity contribution is -0.148. The van der Waals surface area contributed by atoms with Gasteiger partial charge in [-0.05, 0) is 79.3 Å². The summed E-state index contributed by atoms with van der Waals surface area (Å²) in [6.45, 7) is 2.97. The fraction of sp³-hybridized carbons (Fsp3) is 0.448. The van der Waals surface area contributed by atoms with Gasteiger partial charge in [0, 0.05) is 42.0 Å². The van der Waals surface area contributed by atoms with Gasteiger partial charge in [0.05, 0.1) is 11.0 Å². The van der Waals surface area contributed by atoms with Gasteiger partial charge >= 0.3 is 7.60 Å². The number of rotatable bonds is 6. The third-order valence-electron chi connectivity index (χ3n) is 8.67. The number of aromatic amines is 1. The minimum atomic E-state index is -4.22. The second-order valence-electron chi connectivity index (χ2n) is 11.6. The molecule has 0 unspecified atom stereocenters.